The first kappa shape index (κ1) is 20.7. The van der Waals surface area contributed by atoms with Gasteiger partial charge in [0, 0.05) is 33.3 Å². The molecule has 1 fully saturated rings. The van der Waals surface area contributed by atoms with Crippen molar-refractivity contribution in [2.45, 2.75) is 31.2 Å². The Morgan fingerprint density at radius 2 is 2.12 bits per heavy atom. The van der Waals surface area contributed by atoms with Crippen LogP contribution in [0.2, 0.25) is 0 Å². The van der Waals surface area contributed by atoms with E-state index in [0.717, 1.165) is 12.1 Å². The Kier molecular flexibility index (Phi) is 6.65. The van der Waals surface area contributed by atoms with Crippen molar-refractivity contribution in [3.8, 4) is 0 Å². The van der Waals surface area contributed by atoms with Crippen LogP contribution >= 0.6 is 0 Å². The fourth-order valence-corrected chi connectivity index (χ4v) is 3.29. The molecule has 0 radical (unpaired) electrons. The molecule has 146 valence electrons. The number of piperidine rings is 1. The lowest BCUT2D eigenvalue weighted by Gasteiger charge is -2.40. The minimum Gasteiger partial charge on any atom is -0.383 e. The smallest absolute Gasteiger partial charge is 0.383 e. The van der Waals surface area contributed by atoms with Crippen LogP contribution in [0.3, 0.4) is 0 Å². The van der Waals surface area contributed by atoms with Gasteiger partial charge in [0.25, 0.3) is 5.91 Å². The number of nitrogens with zero attached hydrogens (tertiary/aromatic N) is 2. The normalized spacial score (nSPS) is 21.5. The van der Waals surface area contributed by atoms with E-state index >= 15 is 0 Å². The average Bonchev–Trinajstić information content (AvgIpc) is 2.55. The van der Waals surface area contributed by atoms with Crippen molar-refractivity contribution in [2.75, 3.05) is 40.4 Å². The summed E-state index contributed by atoms with van der Waals surface area (Å²) in [4.78, 5) is 15.8. The van der Waals surface area contributed by atoms with Gasteiger partial charge in [-0.1, -0.05) is 18.2 Å². The first-order valence-corrected chi connectivity index (χ1v) is 8.51. The number of hydrogen-bond donors (Lipinski definition) is 1. The average molecular weight is 374 g/mol. The number of likely N-dealkylation sites (N-methyl/N-ethyl adjacent to an activating group) is 1. The van der Waals surface area contributed by atoms with E-state index in [-0.39, 0.29) is 19.0 Å². The Labute approximate surface area is 151 Å². The second-order valence-corrected chi connectivity index (χ2v) is 6.79. The number of rotatable bonds is 7. The lowest BCUT2D eigenvalue weighted by molar-refractivity contribution is -0.159. The van der Waals surface area contributed by atoms with E-state index in [4.69, 9.17) is 4.74 Å². The lowest BCUT2D eigenvalue weighted by atomic mass is 9.91. The zero-order valence-corrected chi connectivity index (χ0v) is 15.1. The number of methoxy groups -OCH3 is 1. The summed E-state index contributed by atoms with van der Waals surface area (Å²) in [6, 6.07) is 5.08. The van der Waals surface area contributed by atoms with Gasteiger partial charge in [-0.05, 0) is 31.5 Å². The molecule has 1 aromatic rings. The first-order chi connectivity index (χ1) is 12.2. The van der Waals surface area contributed by atoms with E-state index in [1.807, 2.05) is 0 Å². The number of alkyl halides is 3. The van der Waals surface area contributed by atoms with Gasteiger partial charge in [-0.3, -0.25) is 9.69 Å². The lowest BCUT2D eigenvalue weighted by Crippen LogP contribution is -2.58. The minimum absolute atomic E-state index is 0.0611. The molecule has 2 rings (SSSR count). The van der Waals surface area contributed by atoms with Crippen molar-refractivity contribution in [3.63, 3.8) is 0 Å². The fourth-order valence-electron chi connectivity index (χ4n) is 3.29. The zero-order valence-electron chi connectivity index (χ0n) is 15.1. The molecule has 1 N–H and O–H groups in total. The summed E-state index contributed by atoms with van der Waals surface area (Å²) in [5.74, 6) is -0.350. The summed E-state index contributed by atoms with van der Waals surface area (Å²) in [6.07, 6.45) is -3.39. The number of carbonyl (C=O) groups excluding carboxylic acids is 1. The summed E-state index contributed by atoms with van der Waals surface area (Å²) in [5, 5.41) is 10.8. The molecular formula is C18H25F3N2O3. The van der Waals surface area contributed by atoms with Gasteiger partial charge in [-0.2, -0.15) is 13.2 Å². The Hall–Kier alpha value is -1.64. The second-order valence-electron chi connectivity index (χ2n) is 6.79. The molecule has 1 heterocycles. The number of hydrogen-bond acceptors (Lipinski definition) is 4. The van der Waals surface area contributed by atoms with Crippen LogP contribution in [0.1, 0.15) is 24.0 Å². The quantitative estimate of drug-likeness (QED) is 0.795. The van der Waals surface area contributed by atoms with Crippen molar-refractivity contribution in [2.24, 2.45) is 0 Å². The number of likely N-dealkylation sites (tertiary alicyclic amines) is 1. The molecule has 0 aliphatic carbocycles. The molecule has 26 heavy (non-hydrogen) atoms. The third-order valence-corrected chi connectivity index (χ3v) is 4.51. The van der Waals surface area contributed by atoms with Gasteiger partial charge in [-0.25, -0.2) is 0 Å². The highest BCUT2D eigenvalue weighted by atomic mass is 19.4. The van der Waals surface area contributed by atoms with Gasteiger partial charge in [0.1, 0.15) is 0 Å². The molecule has 1 aromatic carbocycles. The third-order valence-electron chi connectivity index (χ3n) is 4.51. The van der Waals surface area contributed by atoms with Crippen LogP contribution in [0, 0.1) is 0 Å². The molecule has 0 saturated carbocycles. The van der Waals surface area contributed by atoms with Crippen LogP contribution in [0.4, 0.5) is 13.2 Å². The fraction of sp³-hybridized carbons (Fsp3) is 0.611. The molecule has 0 bridgehead atoms. The van der Waals surface area contributed by atoms with Crippen LogP contribution in [0.25, 0.3) is 0 Å². The Balaban J connectivity index is 2.02. The Morgan fingerprint density at radius 1 is 1.38 bits per heavy atom. The van der Waals surface area contributed by atoms with Gasteiger partial charge in [0.2, 0.25) is 0 Å². The van der Waals surface area contributed by atoms with E-state index in [2.05, 4.69) is 0 Å². The van der Waals surface area contributed by atoms with Gasteiger partial charge < -0.3 is 14.7 Å². The van der Waals surface area contributed by atoms with Gasteiger partial charge in [-0.15, -0.1) is 0 Å². The number of amides is 1. The highest BCUT2D eigenvalue weighted by Gasteiger charge is 2.42. The third kappa shape index (κ3) is 5.18. The largest absolute Gasteiger partial charge is 0.416 e. The van der Waals surface area contributed by atoms with Crippen LogP contribution in [0.5, 0.6) is 0 Å². The van der Waals surface area contributed by atoms with E-state index in [9.17, 15) is 23.1 Å². The highest BCUT2D eigenvalue weighted by Crippen LogP contribution is 2.30. The number of carbonyl (C=O) groups is 1. The van der Waals surface area contributed by atoms with Crippen LogP contribution < -0.4 is 0 Å². The molecular weight excluding hydrogens is 349 g/mol. The molecule has 0 aromatic heterocycles. The Bertz CT molecular complexity index is 624. The van der Waals surface area contributed by atoms with Gasteiger partial charge in [0.15, 0.2) is 5.60 Å². The van der Waals surface area contributed by atoms with E-state index in [1.54, 1.807) is 30.0 Å². The minimum atomic E-state index is -4.39. The van der Waals surface area contributed by atoms with Crippen LogP contribution in [0.15, 0.2) is 24.3 Å². The maximum absolute atomic E-state index is 12.8. The van der Waals surface area contributed by atoms with Crippen molar-refractivity contribution in [1.29, 1.82) is 0 Å². The first-order valence-electron chi connectivity index (χ1n) is 8.51. The molecule has 0 spiro atoms. The summed E-state index contributed by atoms with van der Waals surface area (Å²) in [6.45, 7) is 1.64. The van der Waals surface area contributed by atoms with E-state index < -0.39 is 17.3 Å². The molecule has 5 nitrogen and oxygen atoms in total. The molecule has 1 aliphatic rings. The Morgan fingerprint density at radius 3 is 2.77 bits per heavy atom. The number of aliphatic hydroxyl groups is 1. The van der Waals surface area contributed by atoms with Crippen molar-refractivity contribution in [1.82, 2.24) is 9.80 Å². The zero-order chi connectivity index (χ0) is 19.4. The summed E-state index contributed by atoms with van der Waals surface area (Å²) in [5.41, 5.74) is -1.76. The summed E-state index contributed by atoms with van der Waals surface area (Å²) in [7, 11) is 3.23. The summed E-state index contributed by atoms with van der Waals surface area (Å²) < 4.78 is 43.4. The standard InChI is InChI=1S/C18H25F3N2O3/c1-22(12-14-5-3-6-15(11-14)18(19,20)21)13-17(25)7-4-8-23(16(17)24)9-10-26-2/h3,5-6,11,25H,4,7-10,12-13H2,1-2H3/t17-/m1/s1. The predicted octanol–water partition coefficient (Wildman–Crippen LogP) is 2.14. The maximum Gasteiger partial charge on any atom is 0.416 e. The molecule has 1 saturated heterocycles. The van der Waals surface area contributed by atoms with Gasteiger partial charge >= 0.3 is 6.18 Å². The SMILES string of the molecule is COCCN1CCC[C@@](O)(CN(C)Cc2cccc(C(F)(F)F)c2)C1=O. The second kappa shape index (κ2) is 8.37. The van der Waals surface area contributed by atoms with Crippen LogP contribution in [-0.4, -0.2) is 66.8 Å². The van der Waals surface area contributed by atoms with Crippen molar-refractivity contribution >= 4 is 5.91 Å². The molecule has 1 aliphatic heterocycles. The topological polar surface area (TPSA) is 53.0 Å². The van der Waals surface area contributed by atoms with Crippen molar-refractivity contribution < 1.29 is 27.8 Å². The predicted molar refractivity (Wildman–Crippen MR) is 90.4 cm³/mol. The van der Waals surface area contributed by atoms with E-state index in [0.29, 0.717) is 38.1 Å². The van der Waals surface area contributed by atoms with E-state index in [1.165, 1.54) is 6.07 Å². The number of benzene rings is 1. The maximum atomic E-state index is 12.8. The number of halogens is 3. The summed E-state index contributed by atoms with van der Waals surface area (Å²) >= 11 is 0. The molecule has 1 amide bonds. The molecule has 1 atom stereocenters. The highest BCUT2D eigenvalue weighted by molar-refractivity contribution is 5.86. The van der Waals surface area contributed by atoms with Crippen molar-refractivity contribution in [3.05, 3.63) is 35.4 Å². The van der Waals surface area contributed by atoms with Crippen LogP contribution in [-0.2, 0) is 22.3 Å². The van der Waals surface area contributed by atoms with Gasteiger partial charge in [0.05, 0.1) is 12.2 Å². The number of ether oxygens (including phenoxy) is 1. The molecule has 8 heteroatoms. The molecule has 0 unspecified atom stereocenters. The monoisotopic (exact) mass is 374 g/mol.